The summed E-state index contributed by atoms with van der Waals surface area (Å²) in [6, 6.07) is 8.38. The number of aromatic nitrogens is 4. The molecule has 7 heteroatoms. The van der Waals surface area contributed by atoms with E-state index in [0.717, 1.165) is 63.8 Å². The Morgan fingerprint density at radius 1 is 1.11 bits per heavy atom. The molecule has 3 aromatic heterocycles. The zero-order valence-electron chi connectivity index (χ0n) is 16.1. The number of ether oxygens (including phenoxy) is 1. The zero-order chi connectivity index (χ0) is 18.8. The highest BCUT2D eigenvalue weighted by atomic mass is 16.5. The smallest absolute Gasteiger partial charge is 0.156 e. The van der Waals surface area contributed by atoms with Crippen LogP contribution in [0.4, 0.5) is 5.69 Å². The van der Waals surface area contributed by atoms with Crippen molar-refractivity contribution in [3.8, 4) is 0 Å². The minimum atomic E-state index is 0.386. The second-order valence-corrected chi connectivity index (χ2v) is 7.70. The Bertz CT molecular complexity index is 921. The second-order valence-electron chi connectivity index (χ2n) is 7.70. The van der Waals surface area contributed by atoms with Gasteiger partial charge in [0.05, 0.1) is 25.1 Å². The fourth-order valence-corrected chi connectivity index (χ4v) is 4.23. The summed E-state index contributed by atoms with van der Waals surface area (Å²) in [6.07, 6.45) is 8.22. The van der Waals surface area contributed by atoms with E-state index in [9.17, 15) is 0 Å². The van der Waals surface area contributed by atoms with E-state index in [1.165, 1.54) is 17.7 Å². The number of rotatable bonds is 4. The maximum Gasteiger partial charge on any atom is 0.156 e. The van der Waals surface area contributed by atoms with Crippen molar-refractivity contribution in [3.63, 3.8) is 0 Å². The Morgan fingerprint density at radius 3 is 2.89 bits per heavy atom. The molecule has 7 nitrogen and oxygen atoms in total. The van der Waals surface area contributed by atoms with Crippen LogP contribution in [0, 0.1) is 0 Å². The molecule has 3 aromatic rings. The van der Waals surface area contributed by atoms with Gasteiger partial charge in [-0.1, -0.05) is 6.07 Å². The number of hydrogen-bond donors (Lipinski definition) is 0. The molecule has 28 heavy (non-hydrogen) atoms. The summed E-state index contributed by atoms with van der Waals surface area (Å²) in [5.41, 5.74) is 3.38. The number of anilines is 1. The number of pyridine rings is 2. The summed E-state index contributed by atoms with van der Waals surface area (Å²) in [5, 5.41) is 4.84. The first-order chi connectivity index (χ1) is 13.8. The van der Waals surface area contributed by atoms with Gasteiger partial charge < -0.3 is 9.64 Å². The number of piperidine rings is 1. The summed E-state index contributed by atoms with van der Waals surface area (Å²) in [5.74, 6) is 1.35. The monoisotopic (exact) mass is 378 g/mol. The lowest BCUT2D eigenvalue weighted by Crippen LogP contribution is -2.36. The molecule has 2 saturated heterocycles. The van der Waals surface area contributed by atoms with E-state index in [1.807, 2.05) is 23.0 Å². The lowest BCUT2D eigenvalue weighted by molar-refractivity contribution is 0.122. The normalized spacial score (nSPS) is 21.3. The van der Waals surface area contributed by atoms with E-state index in [0.29, 0.717) is 5.92 Å². The molecule has 2 aliphatic heterocycles. The van der Waals surface area contributed by atoms with Crippen molar-refractivity contribution in [2.45, 2.75) is 25.3 Å². The van der Waals surface area contributed by atoms with Gasteiger partial charge >= 0.3 is 0 Å². The lowest BCUT2D eigenvalue weighted by Gasteiger charge is -2.31. The predicted molar refractivity (Wildman–Crippen MR) is 108 cm³/mol. The molecule has 0 amide bonds. The van der Waals surface area contributed by atoms with Gasteiger partial charge in [0.25, 0.3) is 0 Å². The number of fused-ring (bicyclic) bond motifs is 1. The van der Waals surface area contributed by atoms with Gasteiger partial charge in [-0.3, -0.25) is 9.88 Å². The highest BCUT2D eigenvalue weighted by Crippen LogP contribution is 2.26. The highest BCUT2D eigenvalue weighted by molar-refractivity contribution is 5.51. The third kappa shape index (κ3) is 3.72. The van der Waals surface area contributed by atoms with Gasteiger partial charge in [-0.15, -0.1) is 0 Å². The lowest BCUT2D eigenvalue weighted by atomic mass is 9.97. The zero-order valence-corrected chi connectivity index (χ0v) is 16.1. The van der Waals surface area contributed by atoms with Gasteiger partial charge in [0.1, 0.15) is 0 Å². The van der Waals surface area contributed by atoms with Gasteiger partial charge in [-0.25, -0.2) is 9.50 Å². The average Bonchev–Trinajstić information content (AvgIpc) is 3.19. The standard InChI is InChI=1S/C21H26N6O/c1-3-17(13-22-7-1)14-25-8-2-4-18(15-25)21-23-20-6-5-19(16-27(20)24-21)26-9-11-28-12-10-26/h1,3,5-7,13,16,18H,2,4,8-12,14-15H2. The van der Waals surface area contributed by atoms with Gasteiger partial charge in [0.15, 0.2) is 11.5 Å². The van der Waals surface area contributed by atoms with Crippen LogP contribution in [0.3, 0.4) is 0 Å². The molecule has 2 fully saturated rings. The first-order valence-electron chi connectivity index (χ1n) is 10.2. The van der Waals surface area contributed by atoms with Crippen LogP contribution in [0.2, 0.25) is 0 Å². The summed E-state index contributed by atoms with van der Waals surface area (Å²) < 4.78 is 7.40. The largest absolute Gasteiger partial charge is 0.378 e. The fourth-order valence-electron chi connectivity index (χ4n) is 4.23. The summed E-state index contributed by atoms with van der Waals surface area (Å²) in [4.78, 5) is 13.9. The quantitative estimate of drug-likeness (QED) is 0.695. The Labute approximate surface area is 165 Å². The maximum atomic E-state index is 5.46. The SMILES string of the molecule is c1cncc(CN2CCCC(c3nc4ccc(N5CCOCC5)cn4n3)C2)c1. The van der Waals surface area contributed by atoms with Crippen LogP contribution in [0.25, 0.3) is 5.65 Å². The molecule has 1 atom stereocenters. The Kier molecular flexibility index (Phi) is 4.93. The summed E-state index contributed by atoms with van der Waals surface area (Å²) >= 11 is 0. The molecule has 0 bridgehead atoms. The number of nitrogens with zero attached hydrogens (tertiary/aromatic N) is 6. The molecule has 2 aliphatic rings. The van der Waals surface area contributed by atoms with E-state index in [1.54, 1.807) is 0 Å². The van der Waals surface area contributed by atoms with Gasteiger partial charge in [-0.2, -0.15) is 5.10 Å². The molecule has 0 aliphatic carbocycles. The molecular formula is C21H26N6O. The van der Waals surface area contributed by atoms with Gasteiger partial charge in [-0.05, 0) is 43.1 Å². The highest BCUT2D eigenvalue weighted by Gasteiger charge is 2.25. The minimum Gasteiger partial charge on any atom is -0.378 e. The molecule has 0 aromatic carbocycles. The summed E-state index contributed by atoms with van der Waals surface area (Å²) in [6.45, 7) is 6.50. The van der Waals surface area contributed by atoms with Gasteiger partial charge in [0.2, 0.25) is 0 Å². The molecule has 1 unspecified atom stereocenters. The van der Waals surface area contributed by atoms with Crippen molar-refractivity contribution in [2.75, 3.05) is 44.3 Å². The topological polar surface area (TPSA) is 58.8 Å². The van der Waals surface area contributed by atoms with Crippen molar-refractivity contribution in [1.82, 2.24) is 24.5 Å². The Balaban J connectivity index is 1.32. The number of hydrogen-bond acceptors (Lipinski definition) is 6. The van der Waals surface area contributed by atoms with E-state index >= 15 is 0 Å². The molecule has 0 N–H and O–H groups in total. The predicted octanol–water partition coefficient (Wildman–Crippen LogP) is 2.34. The maximum absolute atomic E-state index is 5.46. The fraction of sp³-hybridized carbons (Fsp3) is 0.476. The van der Waals surface area contributed by atoms with Crippen molar-refractivity contribution >= 4 is 11.3 Å². The van der Waals surface area contributed by atoms with Crippen LogP contribution in [0.1, 0.15) is 30.1 Å². The van der Waals surface area contributed by atoms with Crippen LogP contribution in [0.15, 0.2) is 42.9 Å². The molecule has 5 rings (SSSR count). The first-order valence-corrected chi connectivity index (χ1v) is 10.2. The minimum absolute atomic E-state index is 0.386. The Hall–Kier alpha value is -2.51. The van der Waals surface area contributed by atoms with E-state index in [-0.39, 0.29) is 0 Å². The van der Waals surface area contributed by atoms with Crippen molar-refractivity contribution in [1.29, 1.82) is 0 Å². The number of likely N-dealkylation sites (tertiary alicyclic amines) is 1. The number of morpholine rings is 1. The van der Waals surface area contributed by atoms with Crippen LogP contribution in [-0.2, 0) is 11.3 Å². The van der Waals surface area contributed by atoms with E-state index in [4.69, 9.17) is 14.8 Å². The van der Waals surface area contributed by atoms with E-state index < -0.39 is 0 Å². The van der Waals surface area contributed by atoms with Crippen LogP contribution >= 0.6 is 0 Å². The van der Waals surface area contributed by atoms with Crippen LogP contribution in [-0.4, -0.2) is 63.9 Å². The molecule has 0 radical (unpaired) electrons. The third-order valence-corrected chi connectivity index (χ3v) is 5.71. The van der Waals surface area contributed by atoms with Gasteiger partial charge in [0, 0.05) is 44.5 Å². The molecular weight excluding hydrogens is 352 g/mol. The average molecular weight is 378 g/mol. The van der Waals surface area contributed by atoms with Crippen LogP contribution < -0.4 is 4.90 Å². The molecule has 146 valence electrons. The molecule has 0 saturated carbocycles. The summed E-state index contributed by atoms with van der Waals surface area (Å²) in [7, 11) is 0. The van der Waals surface area contributed by atoms with Crippen molar-refractivity contribution < 1.29 is 4.74 Å². The third-order valence-electron chi connectivity index (χ3n) is 5.71. The Morgan fingerprint density at radius 2 is 2.04 bits per heavy atom. The molecule has 5 heterocycles. The molecule has 0 spiro atoms. The second kappa shape index (κ2) is 7.85. The van der Waals surface area contributed by atoms with Crippen molar-refractivity contribution in [3.05, 3.63) is 54.2 Å². The van der Waals surface area contributed by atoms with Crippen molar-refractivity contribution in [2.24, 2.45) is 0 Å². The van der Waals surface area contributed by atoms with E-state index in [2.05, 4.69) is 39.2 Å². The first kappa shape index (κ1) is 17.6. The van der Waals surface area contributed by atoms with Crippen LogP contribution in [0.5, 0.6) is 0 Å².